The van der Waals surface area contributed by atoms with E-state index >= 15 is 0 Å². The van der Waals surface area contributed by atoms with E-state index in [1.54, 1.807) is 0 Å². The summed E-state index contributed by atoms with van der Waals surface area (Å²) < 4.78 is 52.5. The second-order valence-corrected chi connectivity index (χ2v) is 7.26. The largest absolute Gasteiger partial charge is 0.416 e. The van der Waals surface area contributed by atoms with E-state index in [0.717, 1.165) is 44.2 Å². The molecule has 1 saturated heterocycles. The number of rotatable bonds is 6. The van der Waals surface area contributed by atoms with Gasteiger partial charge in [0.15, 0.2) is 5.96 Å². The Balaban J connectivity index is 1.60. The first kappa shape index (κ1) is 19.9. The summed E-state index contributed by atoms with van der Waals surface area (Å²) in [5.74, 6) is 0.104. The van der Waals surface area contributed by atoms with Crippen LogP contribution in [0.2, 0.25) is 0 Å². The van der Waals surface area contributed by atoms with Crippen molar-refractivity contribution in [2.75, 3.05) is 26.2 Å². The van der Waals surface area contributed by atoms with Gasteiger partial charge in [-0.15, -0.1) is 0 Å². The molecule has 1 saturated carbocycles. The number of nitrogens with one attached hydrogen (secondary N) is 2. The van der Waals surface area contributed by atoms with Crippen molar-refractivity contribution in [3.63, 3.8) is 0 Å². The van der Waals surface area contributed by atoms with Crippen LogP contribution in [-0.4, -0.2) is 43.1 Å². The van der Waals surface area contributed by atoms with Crippen LogP contribution in [0.15, 0.2) is 23.2 Å². The maximum Gasteiger partial charge on any atom is 0.416 e. The van der Waals surface area contributed by atoms with E-state index in [1.165, 1.54) is 12.8 Å². The molecule has 1 aromatic carbocycles. The van der Waals surface area contributed by atoms with Crippen molar-refractivity contribution in [2.45, 2.75) is 44.9 Å². The predicted octanol–water partition coefficient (Wildman–Crippen LogP) is 3.38. The third-order valence-electron chi connectivity index (χ3n) is 5.07. The van der Waals surface area contributed by atoms with Gasteiger partial charge < -0.3 is 15.5 Å². The minimum Gasteiger partial charge on any atom is -0.357 e. The Morgan fingerprint density at radius 3 is 2.67 bits per heavy atom. The Bertz CT molecular complexity index is 670. The van der Waals surface area contributed by atoms with Crippen LogP contribution in [-0.2, 0) is 12.7 Å². The second-order valence-electron chi connectivity index (χ2n) is 7.26. The molecular formula is C19H26F4N4. The molecule has 8 heteroatoms. The molecule has 0 spiro atoms. The molecule has 2 aliphatic rings. The van der Waals surface area contributed by atoms with Gasteiger partial charge in [-0.05, 0) is 56.3 Å². The van der Waals surface area contributed by atoms with E-state index in [2.05, 4.69) is 20.5 Å². The fourth-order valence-corrected chi connectivity index (χ4v) is 3.50. The van der Waals surface area contributed by atoms with Crippen molar-refractivity contribution in [3.8, 4) is 0 Å². The molecular weight excluding hydrogens is 360 g/mol. The van der Waals surface area contributed by atoms with Gasteiger partial charge in [-0.2, -0.15) is 13.2 Å². The Hall–Kier alpha value is -1.83. The van der Waals surface area contributed by atoms with Crippen molar-refractivity contribution in [1.29, 1.82) is 0 Å². The van der Waals surface area contributed by atoms with Crippen LogP contribution in [0.5, 0.6) is 0 Å². The van der Waals surface area contributed by atoms with Crippen LogP contribution in [0.25, 0.3) is 0 Å². The lowest BCUT2D eigenvalue weighted by Gasteiger charge is -2.17. The van der Waals surface area contributed by atoms with Gasteiger partial charge in [0.25, 0.3) is 0 Å². The summed E-state index contributed by atoms with van der Waals surface area (Å²) in [6.45, 7) is 5.28. The number of halogens is 4. The summed E-state index contributed by atoms with van der Waals surface area (Å²) in [7, 11) is 0. The first-order chi connectivity index (χ1) is 12.9. The fraction of sp³-hybridized carbons (Fsp3) is 0.632. The van der Waals surface area contributed by atoms with Crippen molar-refractivity contribution in [2.24, 2.45) is 10.9 Å². The molecule has 1 heterocycles. The van der Waals surface area contributed by atoms with Gasteiger partial charge in [-0.1, -0.05) is 6.07 Å². The smallest absolute Gasteiger partial charge is 0.357 e. The molecule has 1 aromatic rings. The van der Waals surface area contributed by atoms with Gasteiger partial charge in [0.05, 0.1) is 12.1 Å². The molecule has 4 nitrogen and oxygen atoms in total. The summed E-state index contributed by atoms with van der Waals surface area (Å²) >= 11 is 0. The Morgan fingerprint density at radius 1 is 1.22 bits per heavy atom. The van der Waals surface area contributed by atoms with E-state index < -0.39 is 17.6 Å². The van der Waals surface area contributed by atoms with Crippen LogP contribution >= 0.6 is 0 Å². The lowest BCUT2D eigenvalue weighted by molar-refractivity contribution is -0.138. The highest BCUT2D eigenvalue weighted by atomic mass is 19.4. The molecule has 0 amide bonds. The van der Waals surface area contributed by atoms with Gasteiger partial charge in [-0.3, -0.25) is 0 Å². The topological polar surface area (TPSA) is 39.7 Å². The summed E-state index contributed by atoms with van der Waals surface area (Å²) in [5, 5.41) is 6.30. The van der Waals surface area contributed by atoms with Crippen LogP contribution < -0.4 is 10.6 Å². The molecule has 27 heavy (non-hydrogen) atoms. The number of likely N-dealkylation sites (tertiary alicyclic amines) is 1. The third kappa shape index (κ3) is 5.57. The van der Waals surface area contributed by atoms with Gasteiger partial charge >= 0.3 is 6.18 Å². The number of aliphatic imine (C=N–C) groups is 1. The first-order valence-electron chi connectivity index (χ1n) is 9.48. The predicted molar refractivity (Wildman–Crippen MR) is 96.9 cm³/mol. The molecule has 150 valence electrons. The van der Waals surface area contributed by atoms with Crippen molar-refractivity contribution < 1.29 is 17.6 Å². The highest BCUT2D eigenvalue weighted by Crippen LogP contribution is 2.33. The van der Waals surface area contributed by atoms with Crippen molar-refractivity contribution in [1.82, 2.24) is 15.5 Å². The van der Waals surface area contributed by atoms with E-state index in [4.69, 9.17) is 0 Å². The number of guanidine groups is 1. The third-order valence-corrected chi connectivity index (χ3v) is 5.07. The van der Waals surface area contributed by atoms with E-state index in [9.17, 15) is 17.6 Å². The zero-order valence-corrected chi connectivity index (χ0v) is 15.4. The molecule has 1 aliphatic heterocycles. The average Bonchev–Trinajstić information content (AvgIpc) is 3.36. The highest BCUT2D eigenvalue weighted by Gasteiger charge is 2.35. The number of alkyl halides is 3. The molecule has 0 bridgehead atoms. The first-order valence-corrected chi connectivity index (χ1v) is 9.48. The Kier molecular flexibility index (Phi) is 6.24. The number of nitrogens with zero attached hydrogens (tertiary/aromatic N) is 2. The zero-order valence-electron chi connectivity index (χ0n) is 15.4. The summed E-state index contributed by atoms with van der Waals surface area (Å²) in [4.78, 5) is 6.79. The van der Waals surface area contributed by atoms with E-state index in [-0.39, 0.29) is 12.1 Å². The molecule has 2 N–H and O–H groups in total. The van der Waals surface area contributed by atoms with Crippen LogP contribution in [0.4, 0.5) is 17.6 Å². The monoisotopic (exact) mass is 386 g/mol. The lowest BCUT2D eigenvalue weighted by Crippen LogP contribution is -2.40. The number of hydrogen-bond acceptors (Lipinski definition) is 2. The fourth-order valence-electron chi connectivity index (χ4n) is 3.50. The van der Waals surface area contributed by atoms with Crippen molar-refractivity contribution in [3.05, 3.63) is 35.1 Å². The summed E-state index contributed by atoms with van der Waals surface area (Å²) in [6, 6.07) is 3.47. The Morgan fingerprint density at radius 2 is 2.00 bits per heavy atom. The Labute approximate surface area is 157 Å². The second kappa shape index (κ2) is 8.46. The van der Waals surface area contributed by atoms with Crippen LogP contribution in [0.1, 0.15) is 37.3 Å². The molecule has 0 radical (unpaired) electrons. The molecule has 2 fully saturated rings. The van der Waals surface area contributed by atoms with Gasteiger partial charge in [-0.25, -0.2) is 9.38 Å². The maximum atomic E-state index is 13.2. The minimum absolute atomic E-state index is 0.0399. The van der Waals surface area contributed by atoms with Crippen LogP contribution in [0, 0.1) is 11.7 Å². The van der Waals surface area contributed by atoms with Crippen LogP contribution in [0.3, 0.4) is 0 Å². The molecule has 0 aromatic heterocycles. The molecule has 1 atom stereocenters. The highest BCUT2D eigenvalue weighted by molar-refractivity contribution is 5.79. The van der Waals surface area contributed by atoms with E-state index in [0.29, 0.717) is 24.5 Å². The molecule has 3 rings (SSSR count). The summed E-state index contributed by atoms with van der Waals surface area (Å²) in [6.07, 6.45) is -0.888. The van der Waals surface area contributed by atoms with Gasteiger partial charge in [0, 0.05) is 25.7 Å². The molecule has 1 unspecified atom stereocenters. The van der Waals surface area contributed by atoms with Gasteiger partial charge in [0.2, 0.25) is 0 Å². The van der Waals surface area contributed by atoms with Gasteiger partial charge in [0.1, 0.15) is 5.82 Å². The number of benzene rings is 1. The minimum atomic E-state index is -4.60. The summed E-state index contributed by atoms with van der Waals surface area (Å²) in [5.41, 5.74) is -1.01. The quantitative estimate of drug-likeness (QED) is 0.447. The lowest BCUT2D eigenvalue weighted by atomic mass is 10.1. The normalized spacial score (nSPS) is 21.5. The molecule has 1 aliphatic carbocycles. The van der Waals surface area contributed by atoms with Crippen molar-refractivity contribution >= 4 is 5.96 Å². The standard InChI is InChI=1S/C19H26F4N4/c1-2-24-18(25-10-13-7-8-27(12-13)16-5-6-16)26-11-14-3-4-15(20)9-17(14)19(21,22)23/h3-4,9,13,16H,2,5-8,10-12H2,1H3,(H2,24,25,26). The van der Waals surface area contributed by atoms with E-state index in [1.807, 2.05) is 6.92 Å². The average molecular weight is 386 g/mol. The number of hydrogen-bond donors (Lipinski definition) is 2. The maximum absolute atomic E-state index is 13.2. The SMILES string of the molecule is CCNC(=NCc1ccc(F)cc1C(F)(F)F)NCC1CCN(C2CC2)C1. The zero-order chi connectivity index (χ0) is 19.4.